The summed E-state index contributed by atoms with van der Waals surface area (Å²) < 4.78 is 28.6. The van der Waals surface area contributed by atoms with Crippen molar-refractivity contribution in [2.75, 3.05) is 51.2 Å². The molecule has 5 heterocycles. The lowest BCUT2D eigenvalue weighted by Crippen LogP contribution is -2.38. The van der Waals surface area contributed by atoms with Crippen LogP contribution in [0.4, 0.5) is 11.4 Å². The van der Waals surface area contributed by atoms with Gasteiger partial charge in [0.1, 0.15) is 6.04 Å². The maximum atomic E-state index is 13.6. The topological polar surface area (TPSA) is 132 Å². The van der Waals surface area contributed by atoms with Crippen molar-refractivity contribution in [3.8, 4) is 23.0 Å². The number of rotatable bonds is 11. The van der Waals surface area contributed by atoms with Gasteiger partial charge in [0.25, 0.3) is 11.8 Å². The number of anilines is 2. The fourth-order valence-electron chi connectivity index (χ4n) is 7.55. The summed E-state index contributed by atoms with van der Waals surface area (Å²) in [5, 5.41) is 6.42. The third-order valence-electron chi connectivity index (χ3n) is 10.5. The van der Waals surface area contributed by atoms with Gasteiger partial charge in [-0.15, -0.1) is 0 Å². The predicted molar refractivity (Wildman–Crippen MR) is 180 cm³/mol. The summed E-state index contributed by atoms with van der Waals surface area (Å²) >= 11 is 0. The van der Waals surface area contributed by atoms with E-state index in [1.165, 1.54) is 24.9 Å². The lowest BCUT2D eigenvalue weighted by Gasteiger charge is -2.21. The summed E-state index contributed by atoms with van der Waals surface area (Å²) in [7, 11) is 3.12. The molecule has 4 aliphatic heterocycles. The van der Waals surface area contributed by atoms with Crippen LogP contribution in [0.2, 0.25) is 0 Å². The third kappa shape index (κ3) is 5.72. The van der Waals surface area contributed by atoms with Crippen LogP contribution in [0, 0.1) is 5.41 Å². The third-order valence-corrected chi connectivity index (χ3v) is 10.5. The first-order chi connectivity index (χ1) is 23.9. The fourth-order valence-corrected chi connectivity index (χ4v) is 7.55. The van der Waals surface area contributed by atoms with Gasteiger partial charge in [0.05, 0.1) is 62.5 Å². The Morgan fingerprint density at radius 1 is 0.878 bits per heavy atom. The number of furan rings is 1. The van der Waals surface area contributed by atoms with Crippen LogP contribution in [-0.4, -0.2) is 80.1 Å². The molecule has 12 heteroatoms. The number of benzene rings is 2. The SMILES string of the molecule is COc1cc2c(cc1OCCCCCOc1cc3c(cc1OC)C(=O)N1CC4(CC4)C[C@H]1CN3)NC(=O)[C@@H]1CC(c3ccoc3)=CN1C2=O. The van der Waals surface area contributed by atoms with E-state index in [1.807, 2.05) is 17.0 Å². The summed E-state index contributed by atoms with van der Waals surface area (Å²) in [6.07, 6.45) is 11.2. The highest BCUT2D eigenvalue weighted by Gasteiger charge is 2.54. The van der Waals surface area contributed by atoms with Crippen LogP contribution >= 0.6 is 0 Å². The van der Waals surface area contributed by atoms with Crippen LogP contribution in [-0.2, 0) is 4.79 Å². The van der Waals surface area contributed by atoms with Gasteiger partial charge in [0, 0.05) is 49.4 Å². The molecule has 2 atom stereocenters. The number of fused-ring (bicyclic) bond motifs is 4. The number of amides is 3. The zero-order valence-electron chi connectivity index (χ0n) is 27.7. The monoisotopic (exact) mass is 668 g/mol. The second kappa shape index (κ2) is 12.4. The molecule has 2 N–H and O–H groups in total. The Morgan fingerprint density at radius 3 is 2.22 bits per heavy atom. The van der Waals surface area contributed by atoms with E-state index in [1.54, 1.807) is 44.0 Å². The minimum absolute atomic E-state index is 0.0659. The Kier molecular flexibility index (Phi) is 7.88. The van der Waals surface area contributed by atoms with Crippen molar-refractivity contribution in [3.05, 3.63) is 65.7 Å². The van der Waals surface area contributed by atoms with Crippen molar-refractivity contribution in [2.24, 2.45) is 5.41 Å². The van der Waals surface area contributed by atoms with Crippen molar-refractivity contribution in [1.29, 1.82) is 0 Å². The maximum absolute atomic E-state index is 13.6. The lowest BCUT2D eigenvalue weighted by molar-refractivity contribution is -0.119. The molecule has 0 unspecified atom stereocenters. The maximum Gasteiger partial charge on any atom is 0.260 e. The Hall–Kier alpha value is -5.13. The van der Waals surface area contributed by atoms with E-state index >= 15 is 0 Å². The number of ether oxygens (including phenoxy) is 4. The number of unbranched alkanes of at least 4 members (excludes halogenated alkanes) is 2. The van der Waals surface area contributed by atoms with Crippen molar-refractivity contribution < 1.29 is 37.7 Å². The molecular formula is C37H40N4O8. The molecule has 3 amide bonds. The minimum Gasteiger partial charge on any atom is -0.493 e. The van der Waals surface area contributed by atoms with Gasteiger partial charge in [0.2, 0.25) is 5.91 Å². The van der Waals surface area contributed by atoms with Crippen LogP contribution in [0.15, 0.2) is 53.5 Å². The molecule has 0 radical (unpaired) electrons. The van der Waals surface area contributed by atoms with E-state index in [0.29, 0.717) is 64.9 Å². The van der Waals surface area contributed by atoms with Crippen LogP contribution in [0.1, 0.15) is 71.2 Å². The Labute approximate surface area is 284 Å². The number of nitrogens with zero attached hydrogens (tertiary/aromatic N) is 2. The lowest BCUT2D eigenvalue weighted by atomic mass is 10.0. The molecule has 256 valence electrons. The molecule has 1 aliphatic carbocycles. The average molecular weight is 669 g/mol. The molecular weight excluding hydrogens is 628 g/mol. The molecule has 1 aromatic heterocycles. The van der Waals surface area contributed by atoms with E-state index in [-0.39, 0.29) is 23.8 Å². The molecule has 1 saturated carbocycles. The molecule has 12 nitrogen and oxygen atoms in total. The second-order valence-corrected chi connectivity index (χ2v) is 13.6. The highest BCUT2D eigenvalue weighted by Crippen LogP contribution is 2.55. The highest BCUT2D eigenvalue weighted by molar-refractivity contribution is 6.12. The van der Waals surface area contributed by atoms with Gasteiger partial charge in [-0.1, -0.05) is 0 Å². The highest BCUT2D eigenvalue weighted by atomic mass is 16.5. The normalized spacial score (nSPS) is 21.4. The van der Waals surface area contributed by atoms with Gasteiger partial charge in [-0.3, -0.25) is 14.4 Å². The van der Waals surface area contributed by atoms with Gasteiger partial charge < -0.3 is 43.8 Å². The summed E-state index contributed by atoms with van der Waals surface area (Å²) in [6, 6.07) is 8.36. The fraction of sp³-hybridized carbons (Fsp3) is 0.432. The van der Waals surface area contributed by atoms with E-state index < -0.39 is 6.04 Å². The van der Waals surface area contributed by atoms with E-state index in [9.17, 15) is 14.4 Å². The number of nitrogens with one attached hydrogen (secondary N) is 2. The van der Waals surface area contributed by atoms with Gasteiger partial charge in [-0.25, -0.2) is 0 Å². The predicted octanol–water partition coefficient (Wildman–Crippen LogP) is 5.55. The van der Waals surface area contributed by atoms with Crippen LogP contribution < -0.4 is 29.6 Å². The Bertz CT molecular complexity index is 1830. The summed E-state index contributed by atoms with van der Waals surface area (Å²) in [5.41, 5.74) is 4.21. The average Bonchev–Trinajstić information content (AvgIpc) is 3.45. The Morgan fingerprint density at radius 2 is 1.57 bits per heavy atom. The van der Waals surface area contributed by atoms with Crippen LogP contribution in [0.25, 0.3) is 5.57 Å². The van der Waals surface area contributed by atoms with Gasteiger partial charge in [-0.2, -0.15) is 0 Å². The molecule has 2 fully saturated rings. The van der Waals surface area contributed by atoms with E-state index in [0.717, 1.165) is 55.6 Å². The first-order valence-electron chi connectivity index (χ1n) is 17.0. The zero-order chi connectivity index (χ0) is 33.7. The first kappa shape index (κ1) is 31.2. The van der Waals surface area contributed by atoms with Crippen LogP contribution in [0.3, 0.4) is 0 Å². The van der Waals surface area contributed by atoms with Crippen molar-refractivity contribution in [3.63, 3.8) is 0 Å². The molecule has 0 bridgehead atoms. The number of carbonyl (C=O) groups excluding carboxylic acids is 3. The molecule has 8 rings (SSSR count). The second-order valence-electron chi connectivity index (χ2n) is 13.6. The van der Waals surface area contributed by atoms with Crippen molar-refractivity contribution in [2.45, 2.75) is 57.0 Å². The zero-order valence-corrected chi connectivity index (χ0v) is 27.7. The smallest absolute Gasteiger partial charge is 0.260 e. The standard InChI is InChI=1S/C37H40N4O8/c1-45-30-13-25-27(38-18-24-17-37(7-8-37)21-41(24)36(25)44)15-32(30)48-9-4-3-5-10-49-33-16-28-26(14-31(33)46-2)35(43)40-19-23(22-6-11-47-20-22)12-29(40)34(42)39-28/h6,11,13-16,19-20,24,29,38H,3-5,7-10,12,17-18,21H2,1-2H3,(H,39,42)/t24-,29-/m0/s1. The van der Waals surface area contributed by atoms with E-state index in [2.05, 4.69) is 10.6 Å². The Balaban J connectivity index is 0.854. The summed E-state index contributed by atoms with van der Waals surface area (Å²) in [5.74, 6) is 1.53. The van der Waals surface area contributed by atoms with Gasteiger partial charge >= 0.3 is 0 Å². The van der Waals surface area contributed by atoms with Crippen molar-refractivity contribution in [1.82, 2.24) is 9.80 Å². The first-order valence-corrected chi connectivity index (χ1v) is 17.0. The summed E-state index contributed by atoms with van der Waals surface area (Å²) in [4.78, 5) is 43.7. The van der Waals surface area contributed by atoms with Crippen molar-refractivity contribution >= 4 is 34.7 Å². The minimum atomic E-state index is -0.653. The van der Waals surface area contributed by atoms with Gasteiger partial charge in [0.15, 0.2) is 23.0 Å². The molecule has 3 aromatic rings. The molecule has 1 saturated heterocycles. The number of hydrogen-bond donors (Lipinski definition) is 2. The largest absolute Gasteiger partial charge is 0.493 e. The number of methoxy groups -OCH3 is 2. The summed E-state index contributed by atoms with van der Waals surface area (Å²) in [6.45, 7) is 2.48. The molecule has 49 heavy (non-hydrogen) atoms. The molecule has 2 aromatic carbocycles. The van der Waals surface area contributed by atoms with Gasteiger partial charge in [-0.05, 0) is 67.7 Å². The number of hydrogen-bond acceptors (Lipinski definition) is 9. The quantitative estimate of drug-likeness (QED) is 0.253. The van der Waals surface area contributed by atoms with Crippen LogP contribution in [0.5, 0.6) is 23.0 Å². The van der Waals surface area contributed by atoms with E-state index in [4.69, 9.17) is 23.4 Å². The number of carbonyl (C=O) groups is 3. The molecule has 5 aliphatic rings. The molecule has 1 spiro atoms.